The molecule has 0 saturated carbocycles. The van der Waals surface area contributed by atoms with Crippen molar-refractivity contribution in [2.24, 2.45) is 5.41 Å². The molecular weight excluding hydrogens is 254 g/mol. The molecule has 1 N–H and O–H groups in total. The summed E-state index contributed by atoms with van der Waals surface area (Å²) >= 11 is 0. The van der Waals surface area contributed by atoms with Gasteiger partial charge in [-0.05, 0) is 18.4 Å². The molecule has 0 aliphatic rings. The third-order valence-corrected chi connectivity index (χ3v) is 4.19. The molecule has 5 nitrogen and oxygen atoms in total. The van der Waals surface area contributed by atoms with Crippen LogP contribution in [-0.4, -0.2) is 45.6 Å². The smallest absolute Gasteiger partial charge is 0.320 e. The van der Waals surface area contributed by atoms with Gasteiger partial charge in [-0.15, -0.1) is 0 Å². The molecule has 0 saturated heterocycles. The molecule has 0 rings (SSSR count). The number of nitrogens with one attached hydrogen (secondary N) is 1. The quantitative estimate of drug-likeness (QED) is 0.704. The van der Waals surface area contributed by atoms with Gasteiger partial charge < -0.3 is 10.1 Å². The van der Waals surface area contributed by atoms with E-state index >= 15 is 0 Å². The van der Waals surface area contributed by atoms with Gasteiger partial charge in [-0.1, -0.05) is 27.7 Å². The van der Waals surface area contributed by atoms with Crippen LogP contribution in [0.15, 0.2) is 0 Å². The van der Waals surface area contributed by atoms with Gasteiger partial charge in [0, 0.05) is 6.04 Å². The minimum absolute atomic E-state index is 0.0500. The molecule has 0 radical (unpaired) electrons. The van der Waals surface area contributed by atoms with E-state index in [4.69, 9.17) is 0 Å². The van der Waals surface area contributed by atoms with E-state index in [0.29, 0.717) is 0 Å². The number of hydrogen-bond acceptors (Lipinski definition) is 5. The maximum atomic E-state index is 11.9. The highest BCUT2D eigenvalue weighted by atomic mass is 32.2. The first-order valence-corrected chi connectivity index (χ1v) is 7.95. The molecule has 0 aromatic carbocycles. The van der Waals surface area contributed by atoms with Crippen molar-refractivity contribution in [1.82, 2.24) is 5.32 Å². The summed E-state index contributed by atoms with van der Waals surface area (Å²) in [5.41, 5.74) is -0.182. The van der Waals surface area contributed by atoms with E-state index in [0.717, 1.165) is 13.0 Å². The second-order valence-electron chi connectivity index (χ2n) is 5.50. The lowest BCUT2D eigenvalue weighted by molar-refractivity contribution is -0.137. The number of sulfone groups is 1. The van der Waals surface area contributed by atoms with Crippen LogP contribution in [-0.2, 0) is 19.4 Å². The Hall–Kier alpha value is -0.620. The van der Waals surface area contributed by atoms with Crippen molar-refractivity contribution in [2.75, 3.05) is 25.2 Å². The van der Waals surface area contributed by atoms with Gasteiger partial charge in [0.05, 0.1) is 12.9 Å². The highest BCUT2D eigenvalue weighted by molar-refractivity contribution is 7.92. The van der Waals surface area contributed by atoms with Crippen molar-refractivity contribution in [3.05, 3.63) is 0 Å². The molecule has 0 spiro atoms. The molecule has 0 aliphatic carbocycles. The van der Waals surface area contributed by atoms with Crippen molar-refractivity contribution >= 4 is 15.8 Å². The maximum Gasteiger partial charge on any atom is 0.320 e. The molecule has 108 valence electrons. The molecular formula is C12H25NO4S. The van der Waals surface area contributed by atoms with Gasteiger partial charge in [-0.2, -0.15) is 0 Å². The Morgan fingerprint density at radius 1 is 1.33 bits per heavy atom. The number of hydrogen-bond donors (Lipinski definition) is 1. The minimum Gasteiger partial charge on any atom is -0.468 e. The van der Waals surface area contributed by atoms with Crippen molar-refractivity contribution < 1.29 is 17.9 Å². The van der Waals surface area contributed by atoms with Crippen molar-refractivity contribution in [1.29, 1.82) is 0 Å². The topological polar surface area (TPSA) is 72.5 Å². The Morgan fingerprint density at radius 2 is 1.89 bits per heavy atom. The predicted molar refractivity (Wildman–Crippen MR) is 72.2 cm³/mol. The maximum absolute atomic E-state index is 11.9. The van der Waals surface area contributed by atoms with Crippen LogP contribution in [0, 0.1) is 5.41 Å². The van der Waals surface area contributed by atoms with E-state index in [1.54, 1.807) is 0 Å². The largest absolute Gasteiger partial charge is 0.468 e. The second-order valence-corrected chi connectivity index (χ2v) is 7.61. The van der Waals surface area contributed by atoms with E-state index < -0.39 is 21.6 Å². The zero-order valence-electron chi connectivity index (χ0n) is 11.9. The van der Waals surface area contributed by atoms with E-state index in [1.807, 2.05) is 27.7 Å². The normalized spacial score (nSPS) is 14.3. The van der Waals surface area contributed by atoms with Crippen LogP contribution in [0.4, 0.5) is 0 Å². The van der Waals surface area contributed by atoms with Crippen molar-refractivity contribution in [2.45, 2.75) is 40.2 Å². The highest BCUT2D eigenvalue weighted by Gasteiger charge is 2.30. The number of methoxy groups -OCH3 is 1. The molecule has 0 aliphatic heterocycles. The van der Waals surface area contributed by atoms with Crippen LogP contribution < -0.4 is 5.32 Å². The number of ether oxygens (including phenoxy) is 1. The molecule has 0 amide bonds. The lowest BCUT2D eigenvalue weighted by Crippen LogP contribution is -2.46. The average molecular weight is 279 g/mol. The zero-order valence-corrected chi connectivity index (χ0v) is 12.8. The highest BCUT2D eigenvalue weighted by Crippen LogP contribution is 2.21. The fraction of sp³-hybridized carbons (Fsp3) is 0.917. The van der Waals surface area contributed by atoms with Gasteiger partial charge in [0.25, 0.3) is 0 Å². The fourth-order valence-corrected chi connectivity index (χ4v) is 3.21. The summed E-state index contributed by atoms with van der Waals surface area (Å²) in [6, 6.07) is -0.174. The summed E-state index contributed by atoms with van der Waals surface area (Å²) in [7, 11) is -2.25. The number of rotatable bonds is 7. The third-order valence-electron chi connectivity index (χ3n) is 2.67. The average Bonchev–Trinajstić information content (AvgIpc) is 2.21. The number of esters is 1. The second kappa shape index (κ2) is 7.09. The molecule has 1 unspecified atom stereocenters. The first-order chi connectivity index (χ1) is 8.12. The Bertz CT molecular complexity index is 357. The van der Waals surface area contributed by atoms with Gasteiger partial charge in [-0.25, -0.2) is 8.42 Å². The lowest BCUT2D eigenvalue weighted by Gasteiger charge is -2.31. The van der Waals surface area contributed by atoms with Gasteiger partial charge >= 0.3 is 5.97 Å². The standard InChI is InChI=1S/C12H25NO4S/c1-6-7-13-10(12(2,3)4)8-18(15,16)9-11(14)17-5/h10,13H,6-9H2,1-5H3. The molecule has 0 bridgehead atoms. The van der Waals surface area contributed by atoms with Crippen LogP contribution in [0.25, 0.3) is 0 Å². The van der Waals surface area contributed by atoms with Crippen LogP contribution in [0.1, 0.15) is 34.1 Å². The first-order valence-electron chi connectivity index (χ1n) is 6.13. The molecule has 1 atom stereocenters. The molecule has 0 aromatic rings. The molecule has 0 fully saturated rings. The van der Waals surface area contributed by atoms with Crippen LogP contribution in [0.5, 0.6) is 0 Å². The van der Waals surface area contributed by atoms with E-state index in [2.05, 4.69) is 10.1 Å². The van der Waals surface area contributed by atoms with Gasteiger partial charge in [0.1, 0.15) is 5.75 Å². The first kappa shape index (κ1) is 17.4. The van der Waals surface area contributed by atoms with E-state index in [1.165, 1.54) is 7.11 Å². The Balaban J connectivity index is 4.71. The summed E-state index contributed by atoms with van der Waals surface area (Å²) < 4.78 is 28.2. The van der Waals surface area contributed by atoms with Gasteiger partial charge in [-0.3, -0.25) is 4.79 Å². The van der Waals surface area contributed by atoms with Crippen LogP contribution in [0.3, 0.4) is 0 Å². The van der Waals surface area contributed by atoms with Gasteiger partial charge in [0.2, 0.25) is 0 Å². The third kappa shape index (κ3) is 6.96. The summed E-state index contributed by atoms with van der Waals surface area (Å²) in [5.74, 6) is -1.31. The minimum atomic E-state index is -3.44. The van der Waals surface area contributed by atoms with Crippen LogP contribution >= 0.6 is 0 Å². The number of carbonyl (C=O) groups excluding carboxylic acids is 1. The molecule has 0 heterocycles. The monoisotopic (exact) mass is 279 g/mol. The van der Waals surface area contributed by atoms with E-state index in [9.17, 15) is 13.2 Å². The Morgan fingerprint density at radius 3 is 2.28 bits per heavy atom. The van der Waals surface area contributed by atoms with E-state index in [-0.39, 0.29) is 17.2 Å². The summed E-state index contributed by atoms with van der Waals surface area (Å²) in [6.45, 7) is 8.72. The Labute approximate surface area is 110 Å². The molecule has 18 heavy (non-hydrogen) atoms. The summed E-state index contributed by atoms with van der Waals surface area (Å²) in [4.78, 5) is 11.1. The molecule has 6 heteroatoms. The van der Waals surface area contributed by atoms with Crippen molar-refractivity contribution in [3.63, 3.8) is 0 Å². The SMILES string of the molecule is CCCNC(CS(=O)(=O)CC(=O)OC)C(C)(C)C. The zero-order chi connectivity index (χ0) is 14.4. The number of carbonyl (C=O) groups is 1. The summed E-state index contributed by atoms with van der Waals surface area (Å²) in [5, 5.41) is 3.23. The Kier molecular flexibility index (Phi) is 6.84. The van der Waals surface area contributed by atoms with Gasteiger partial charge in [0.15, 0.2) is 9.84 Å². The molecule has 0 aromatic heterocycles. The van der Waals surface area contributed by atoms with Crippen molar-refractivity contribution in [3.8, 4) is 0 Å². The predicted octanol–water partition coefficient (Wildman–Crippen LogP) is 0.988. The lowest BCUT2D eigenvalue weighted by atomic mass is 9.88. The fourth-order valence-electron chi connectivity index (χ4n) is 1.49. The summed E-state index contributed by atoms with van der Waals surface area (Å²) in [6.07, 6.45) is 0.934. The van der Waals surface area contributed by atoms with Crippen LogP contribution in [0.2, 0.25) is 0 Å².